The van der Waals surface area contributed by atoms with Gasteiger partial charge in [-0.15, -0.1) is 0 Å². The third kappa shape index (κ3) is 3.27. The van der Waals surface area contributed by atoms with E-state index in [9.17, 15) is 13.2 Å². The lowest BCUT2D eigenvalue weighted by molar-refractivity contribution is -0.118. The van der Waals surface area contributed by atoms with Crippen molar-refractivity contribution in [2.75, 3.05) is 18.5 Å². The Labute approximate surface area is 117 Å². The van der Waals surface area contributed by atoms with Crippen molar-refractivity contribution >= 4 is 21.6 Å². The SMILES string of the molecule is CCC(N)CNS(=O)(=O)c1ccc2c(c1)NC(=O)CO2. The number of rotatable bonds is 5. The zero-order valence-corrected chi connectivity index (χ0v) is 11.9. The Bertz CT molecular complexity index is 615. The molecule has 1 aliphatic rings. The summed E-state index contributed by atoms with van der Waals surface area (Å²) in [6.07, 6.45) is 0.677. The second-order valence-electron chi connectivity index (χ2n) is 4.52. The fourth-order valence-corrected chi connectivity index (χ4v) is 2.79. The van der Waals surface area contributed by atoms with Crippen LogP contribution in [0.1, 0.15) is 13.3 Å². The highest BCUT2D eigenvalue weighted by atomic mass is 32.2. The Balaban J connectivity index is 2.20. The molecular weight excluding hydrogens is 282 g/mol. The Morgan fingerprint density at radius 3 is 2.95 bits per heavy atom. The minimum atomic E-state index is -3.65. The molecule has 0 aliphatic carbocycles. The maximum atomic E-state index is 12.1. The number of nitrogens with two attached hydrogens (primary N) is 1. The largest absolute Gasteiger partial charge is 0.482 e. The van der Waals surface area contributed by atoms with Crippen LogP contribution in [0.4, 0.5) is 5.69 Å². The highest BCUT2D eigenvalue weighted by Crippen LogP contribution is 2.29. The molecule has 1 amide bonds. The molecule has 0 saturated heterocycles. The maximum Gasteiger partial charge on any atom is 0.262 e. The van der Waals surface area contributed by atoms with Crippen LogP contribution in [0.3, 0.4) is 0 Å². The van der Waals surface area contributed by atoms with E-state index < -0.39 is 10.0 Å². The monoisotopic (exact) mass is 299 g/mol. The van der Waals surface area contributed by atoms with Crippen LogP contribution in [-0.4, -0.2) is 33.5 Å². The number of hydrogen-bond donors (Lipinski definition) is 3. The normalized spacial score (nSPS) is 16.0. The van der Waals surface area contributed by atoms with Gasteiger partial charge in [-0.05, 0) is 24.6 Å². The number of sulfonamides is 1. The summed E-state index contributed by atoms with van der Waals surface area (Å²) in [6, 6.07) is 4.08. The number of hydrogen-bond acceptors (Lipinski definition) is 5. The predicted octanol–water partition coefficient (Wildman–Crippen LogP) is 0.0331. The topological polar surface area (TPSA) is 111 Å². The van der Waals surface area contributed by atoms with Gasteiger partial charge in [0.25, 0.3) is 5.91 Å². The van der Waals surface area contributed by atoms with Gasteiger partial charge in [0.2, 0.25) is 10.0 Å². The molecule has 0 radical (unpaired) electrons. The van der Waals surface area contributed by atoms with Gasteiger partial charge in [-0.3, -0.25) is 4.79 Å². The van der Waals surface area contributed by atoms with Gasteiger partial charge in [0.15, 0.2) is 6.61 Å². The van der Waals surface area contributed by atoms with E-state index in [1.807, 2.05) is 6.92 Å². The average Bonchev–Trinajstić information content (AvgIpc) is 2.44. The van der Waals surface area contributed by atoms with Gasteiger partial charge in [-0.1, -0.05) is 6.92 Å². The number of carbonyl (C=O) groups is 1. The summed E-state index contributed by atoms with van der Waals surface area (Å²) in [7, 11) is -3.65. The molecule has 1 heterocycles. The van der Waals surface area contributed by atoms with Crippen LogP contribution in [0.25, 0.3) is 0 Å². The van der Waals surface area contributed by atoms with Gasteiger partial charge in [0, 0.05) is 12.6 Å². The number of fused-ring (bicyclic) bond motifs is 1. The molecule has 110 valence electrons. The maximum absolute atomic E-state index is 12.1. The number of benzene rings is 1. The molecule has 2 rings (SSSR count). The summed E-state index contributed by atoms with van der Waals surface area (Å²) in [4.78, 5) is 11.3. The minimum absolute atomic E-state index is 0.0605. The molecule has 0 aromatic heterocycles. The van der Waals surface area contributed by atoms with Crippen LogP contribution in [0.15, 0.2) is 23.1 Å². The molecule has 0 bridgehead atoms. The summed E-state index contributed by atoms with van der Waals surface area (Å²) >= 11 is 0. The van der Waals surface area contributed by atoms with Crippen molar-refractivity contribution in [1.29, 1.82) is 0 Å². The van der Waals surface area contributed by atoms with E-state index in [-0.39, 0.29) is 30.0 Å². The van der Waals surface area contributed by atoms with Crippen molar-refractivity contribution < 1.29 is 17.9 Å². The minimum Gasteiger partial charge on any atom is -0.482 e. The zero-order valence-electron chi connectivity index (χ0n) is 11.0. The molecule has 0 saturated carbocycles. The van der Waals surface area contributed by atoms with Crippen LogP contribution in [0, 0.1) is 0 Å². The standard InChI is InChI=1S/C12H17N3O4S/c1-2-8(13)6-14-20(17,18)9-3-4-11-10(5-9)15-12(16)7-19-11/h3-5,8,14H,2,6-7,13H2,1H3,(H,15,16). The molecule has 8 heteroatoms. The van der Waals surface area contributed by atoms with Gasteiger partial charge in [-0.25, -0.2) is 13.1 Å². The fourth-order valence-electron chi connectivity index (χ4n) is 1.67. The summed E-state index contributed by atoms with van der Waals surface area (Å²) in [5, 5.41) is 2.57. The summed E-state index contributed by atoms with van der Waals surface area (Å²) in [5.74, 6) is 0.141. The predicted molar refractivity (Wildman–Crippen MR) is 74.0 cm³/mol. The molecule has 1 aromatic carbocycles. The van der Waals surface area contributed by atoms with Gasteiger partial charge in [-0.2, -0.15) is 0 Å². The molecular formula is C12H17N3O4S. The van der Waals surface area contributed by atoms with E-state index in [1.165, 1.54) is 18.2 Å². The second kappa shape index (κ2) is 5.78. The lowest BCUT2D eigenvalue weighted by Gasteiger charge is -2.18. The highest BCUT2D eigenvalue weighted by Gasteiger charge is 2.21. The quantitative estimate of drug-likeness (QED) is 0.710. The lowest BCUT2D eigenvalue weighted by Crippen LogP contribution is -2.36. The first-order valence-corrected chi connectivity index (χ1v) is 7.72. The molecule has 0 fully saturated rings. The van der Waals surface area contributed by atoms with Crippen molar-refractivity contribution in [3.05, 3.63) is 18.2 Å². The van der Waals surface area contributed by atoms with Gasteiger partial charge < -0.3 is 15.8 Å². The van der Waals surface area contributed by atoms with Gasteiger partial charge in [0.05, 0.1) is 10.6 Å². The van der Waals surface area contributed by atoms with Crippen molar-refractivity contribution in [2.24, 2.45) is 5.73 Å². The zero-order chi connectivity index (χ0) is 14.8. The Morgan fingerprint density at radius 1 is 1.50 bits per heavy atom. The number of anilines is 1. The van der Waals surface area contributed by atoms with Crippen LogP contribution in [-0.2, 0) is 14.8 Å². The van der Waals surface area contributed by atoms with Crippen molar-refractivity contribution in [3.8, 4) is 5.75 Å². The van der Waals surface area contributed by atoms with E-state index >= 15 is 0 Å². The molecule has 1 aromatic rings. The molecule has 20 heavy (non-hydrogen) atoms. The summed E-state index contributed by atoms with van der Waals surface area (Å²) < 4.78 is 31.8. The number of amides is 1. The van der Waals surface area contributed by atoms with E-state index in [0.29, 0.717) is 17.9 Å². The van der Waals surface area contributed by atoms with E-state index in [1.54, 1.807) is 0 Å². The van der Waals surface area contributed by atoms with Crippen LogP contribution in [0.5, 0.6) is 5.75 Å². The van der Waals surface area contributed by atoms with Crippen molar-refractivity contribution in [3.63, 3.8) is 0 Å². The third-order valence-corrected chi connectivity index (χ3v) is 4.38. The molecule has 1 aliphatic heterocycles. The average molecular weight is 299 g/mol. The second-order valence-corrected chi connectivity index (χ2v) is 6.28. The van der Waals surface area contributed by atoms with Crippen molar-refractivity contribution in [2.45, 2.75) is 24.3 Å². The van der Waals surface area contributed by atoms with Gasteiger partial charge in [0.1, 0.15) is 5.75 Å². The van der Waals surface area contributed by atoms with Crippen LogP contribution in [0.2, 0.25) is 0 Å². The van der Waals surface area contributed by atoms with E-state index in [0.717, 1.165) is 0 Å². The van der Waals surface area contributed by atoms with Crippen LogP contribution < -0.4 is 20.5 Å². The van der Waals surface area contributed by atoms with Crippen molar-refractivity contribution in [1.82, 2.24) is 4.72 Å². The Morgan fingerprint density at radius 2 is 2.25 bits per heavy atom. The molecule has 7 nitrogen and oxygen atoms in total. The van der Waals surface area contributed by atoms with Gasteiger partial charge >= 0.3 is 0 Å². The Kier molecular flexibility index (Phi) is 4.26. The molecule has 0 spiro atoms. The first-order chi connectivity index (χ1) is 9.42. The van der Waals surface area contributed by atoms with Crippen LogP contribution >= 0.6 is 0 Å². The number of nitrogens with one attached hydrogen (secondary N) is 2. The third-order valence-electron chi connectivity index (χ3n) is 2.95. The fraction of sp³-hybridized carbons (Fsp3) is 0.417. The van der Waals surface area contributed by atoms with E-state index in [4.69, 9.17) is 10.5 Å². The summed E-state index contributed by atoms with van der Waals surface area (Å²) in [5.41, 5.74) is 6.03. The summed E-state index contributed by atoms with van der Waals surface area (Å²) in [6.45, 7) is 1.98. The first-order valence-electron chi connectivity index (χ1n) is 6.24. The Hall–Kier alpha value is -1.64. The molecule has 1 unspecified atom stereocenters. The smallest absolute Gasteiger partial charge is 0.262 e. The molecule has 1 atom stereocenters. The lowest BCUT2D eigenvalue weighted by atomic mass is 10.2. The first kappa shape index (κ1) is 14.8. The highest BCUT2D eigenvalue weighted by molar-refractivity contribution is 7.89. The number of ether oxygens (including phenoxy) is 1. The van der Waals surface area contributed by atoms with E-state index in [2.05, 4.69) is 10.0 Å². The molecule has 4 N–H and O–H groups in total. The number of carbonyl (C=O) groups excluding carboxylic acids is 1.